The maximum Gasteiger partial charge on any atom is 0.275 e. The summed E-state index contributed by atoms with van der Waals surface area (Å²) in [6, 6.07) is 5.29. The van der Waals surface area contributed by atoms with Gasteiger partial charge >= 0.3 is 0 Å². The average Bonchev–Trinajstić information content (AvgIpc) is 2.32. The lowest BCUT2D eigenvalue weighted by atomic mass is 10.1. The van der Waals surface area contributed by atoms with E-state index >= 15 is 0 Å². The highest BCUT2D eigenvalue weighted by Gasteiger charge is 2.25. The van der Waals surface area contributed by atoms with Crippen molar-refractivity contribution in [3.05, 3.63) is 28.3 Å². The Morgan fingerprint density at radius 3 is 2.67 bits per heavy atom. The van der Waals surface area contributed by atoms with Crippen LogP contribution in [-0.2, 0) is 0 Å². The number of nitro benzene ring substituents is 1. The van der Waals surface area contributed by atoms with E-state index in [-0.39, 0.29) is 10.6 Å². The van der Waals surface area contributed by atoms with E-state index < -0.39 is 0 Å². The quantitative estimate of drug-likeness (QED) is 0.633. The number of non-ortho nitro benzene ring substituents is 1. The van der Waals surface area contributed by atoms with Crippen LogP contribution in [0.25, 0.3) is 0 Å². The Bertz CT molecular complexity index is 446. The van der Waals surface area contributed by atoms with E-state index in [2.05, 4.69) is 10.2 Å². The van der Waals surface area contributed by atoms with Gasteiger partial charge in [0, 0.05) is 37.5 Å². The molecule has 0 aromatic heterocycles. The summed E-state index contributed by atoms with van der Waals surface area (Å²) in [4.78, 5) is 12.7. The Morgan fingerprint density at radius 2 is 2.22 bits per heavy atom. The molecule has 0 radical (unpaired) electrons. The molecule has 0 unspecified atom stereocenters. The molecule has 0 atom stereocenters. The van der Waals surface area contributed by atoms with E-state index in [0.29, 0.717) is 11.8 Å². The molecule has 1 saturated heterocycles. The molecule has 18 heavy (non-hydrogen) atoms. The summed E-state index contributed by atoms with van der Waals surface area (Å²) in [6.45, 7) is 4.69. The fraction of sp³-hybridized carbons (Fsp3) is 0.500. The largest absolute Gasteiger partial charge is 0.496 e. The van der Waals surface area contributed by atoms with E-state index in [1.54, 1.807) is 6.07 Å². The Morgan fingerprint density at radius 1 is 1.50 bits per heavy atom. The molecule has 1 aromatic rings. The van der Waals surface area contributed by atoms with Crippen molar-refractivity contribution in [2.75, 3.05) is 31.6 Å². The van der Waals surface area contributed by atoms with Crippen molar-refractivity contribution in [3.8, 4) is 5.75 Å². The number of hydrogen-bond acceptors (Lipinski definition) is 5. The van der Waals surface area contributed by atoms with Crippen LogP contribution in [0.1, 0.15) is 6.92 Å². The van der Waals surface area contributed by atoms with Gasteiger partial charge in [-0.3, -0.25) is 10.1 Å². The number of benzene rings is 1. The summed E-state index contributed by atoms with van der Waals surface area (Å²) >= 11 is 0. The van der Waals surface area contributed by atoms with Crippen molar-refractivity contribution >= 4 is 11.4 Å². The number of rotatable bonds is 5. The van der Waals surface area contributed by atoms with Crippen LogP contribution in [-0.4, -0.2) is 37.7 Å². The van der Waals surface area contributed by atoms with Gasteiger partial charge in [0.05, 0.1) is 24.1 Å². The molecule has 1 aliphatic heterocycles. The standard InChI is InChI=1S/C12H17N3O3/c1-3-14(11-7-13-8-11)9-4-10(15(16)17)6-12(5-9)18-2/h4-6,11,13H,3,7-8H2,1-2H3. The molecule has 98 valence electrons. The molecule has 0 amide bonds. The first kappa shape index (κ1) is 12.6. The third-order valence-corrected chi connectivity index (χ3v) is 3.20. The second kappa shape index (κ2) is 5.22. The first-order valence-corrected chi connectivity index (χ1v) is 5.96. The molecule has 6 heteroatoms. The van der Waals surface area contributed by atoms with Crippen molar-refractivity contribution in [2.24, 2.45) is 0 Å². The maximum absolute atomic E-state index is 10.9. The van der Waals surface area contributed by atoms with Gasteiger partial charge in [0.2, 0.25) is 0 Å². The van der Waals surface area contributed by atoms with Gasteiger partial charge in [-0.2, -0.15) is 0 Å². The predicted molar refractivity (Wildman–Crippen MR) is 69.3 cm³/mol. The molecule has 0 aliphatic carbocycles. The van der Waals surface area contributed by atoms with Crippen molar-refractivity contribution in [1.29, 1.82) is 0 Å². The number of nitrogens with one attached hydrogen (secondary N) is 1. The molecular formula is C12H17N3O3. The summed E-state index contributed by atoms with van der Waals surface area (Å²) in [5.74, 6) is 0.518. The van der Waals surface area contributed by atoms with E-state index in [1.807, 2.05) is 13.0 Å². The summed E-state index contributed by atoms with van der Waals surface area (Å²) < 4.78 is 5.12. The minimum atomic E-state index is -0.390. The summed E-state index contributed by atoms with van der Waals surface area (Å²) in [7, 11) is 1.52. The Kier molecular flexibility index (Phi) is 3.66. The van der Waals surface area contributed by atoms with Gasteiger partial charge in [0.1, 0.15) is 5.75 Å². The molecule has 2 rings (SSSR count). The van der Waals surface area contributed by atoms with Crippen molar-refractivity contribution in [2.45, 2.75) is 13.0 Å². The van der Waals surface area contributed by atoms with Crippen molar-refractivity contribution in [3.63, 3.8) is 0 Å². The third-order valence-electron chi connectivity index (χ3n) is 3.20. The minimum Gasteiger partial charge on any atom is -0.496 e. The zero-order chi connectivity index (χ0) is 13.1. The molecule has 1 aliphatic rings. The topological polar surface area (TPSA) is 67.6 Å². The van der Waals surface area contributed by atoms with Gasteiger partial charge in [0.15, 0.2) is 0 Å². The Labute approximate surface area is 106 Å². The molecule has 1 heterocycles. The predicted octanol–water partition coefficient (Wildman–Crippen LogP) is 1.40. The Balaban J connectivity index is 2.34. The van der Waals surface area contributed by atoms with Crippen molar-refractivity contribution in [1.82, 2.24) is 5.32 Å². The lowest BCUT2D eigenvalue weighted by Crippen LogP contribution is -2.57. The highest BCUT2D eigenvalue weighted by atomic mass is 16.6. The van der Waals surface area contributed by atoms with Crippen LogP contribution in [0.15, 0.2) is 18.2 Å². The van der Waals surface area contributed by atoms with Crippen molar-refractivity contribution < 1.29 is 9.66 Å². The molecule has 0 spiro atoms. The average molecular weight is 251 g/mol. The molecule has 0 bridgehead atoms. The maximum atomic E-state index is 10.9. The molecule has 0 saturated carbocycles. The second-order valence-electron chi connectivity index (χ2n) is 4.24. The normalized spacial score (nSPS) is 15.0. The number of hydrogen-bond donors (Lipinski definition) is 1. The Hall–Kier alpha value is -1.82. The van der Waals surface area contributed by atoms with E-state index in [0.717, 1.165) is 25.3 Å². The van der Waals surface area contributed by atoms with Crippen LogP contribution < -0.4 is 15.0 Å². The van der Waals surface area contributed by atoms with Crippen LogP contribution in [0.5, 0.6) is 5.75 Å². The fourth-order valence-electron chi connectivity index (χ4n) is 2.10. The van der Waals surface area contributed by atoms with Gasteiger partial charge in [-0.15, -0.1) is 0 Å². The van der Waals surface area contributed by atoms with Gasteiger partial charge < -0.3 is 15.0 Å². The highest BCUT2D eigenvalue weighted by Crippen LogP contribution is 2.29. The second-order valence-corrected chi connectivity index (χ2v) is 4.24. The first-order valence-electron chi connectivity index (χ1n) is 5.96. The van der Waals surface area contributed by atoms with Gasteiger partial charge in [-0.25, -0.2) is 0 Å². The number of anilines is 1. The molecule has 6 nitrogen and oxygen atoms in total. The van der Waals surface area contributed by atoms with Gasteiger partial charge in [-0.1, -0.05) is 0 Å². The lowest BCUT2D eigenvalue weighted by Gasteiger charge is -2.39. The van der Waals surface area contributed by atoms with Crippen LogP contribution in [0.2, 0.25) is 0 Å². The number of likely N-dealkylation sites (N-methyl/N-ethyl adjacent to an activating group) is 1. The zero-order valence-electron chi connectivity index (χ0n) is 10.5. The van der Waals surface area contributed by atoms with Gasteiger partial charge in [-0.05, 0) is 6.92 Å². The van der Waals surface area contributed by atoms with Gasteiger partial charge in [0.25, 0.3) is 5.69 Å². The SMILES string of the molecule is CCN(c1cc(OC)cc([N+](=O)[O-])c1)C1CNC1. The van der Waals surface area contributed by atoms with E-state index in [4.69, 9.17) is 4.74 Å². The zero-order valence-corrected chi connectivity index (χ0v) is 10.5. The smallest absolute Gasteiger partial charge is 0.275 e. The minimum absolute atomic E-state index is 0.0649. The molecule has 1 N–H and O–H groups in total. The highest BCUT2D eigenvalue weighted by molar-refractivity contribution is 5.59. The summed E-state index contributed by atoms with van der Waals surface area (Å²) in [5.41, 5.74) is 0.908. The summed E-state index contributed by atoms with van der Waals surface area (Å²) in [6.07, 6.45) is 0. The molecule has 1 aromatic carbocycles. The fourth-order valence-corrected chi connectivity index (χ4v) is 2.10. The number of ether oxygens (including phenoxy) is 1. The first-order chi connectivity index (χ1) is 8.65. The van der Waals surface area contributed by atoms with E-state index in [1.165, 1.54) is 13.2 Å². The molecular weight excluding hydrogens is 234 g/mol. The number of nitro groups is 1. The number of nitrogens with zero attached hydrogens (tertiary/aromatic N) is 2. The van der Waals surface area contributed by atoms with Crippen LogP contribution in [0.4, 0.5) is 11.4 Å². The van der Waals surface area contributed by atoms with Crippen LogP contribution in [0, 0.1) is 10.1 Å². The molecule has 1 fully saturated rings. The monoisotopic (exact) mass is 251 g/mol. The third kappa shape index (κ3) is 2.38. The lowest BCUT2D eigenvalue weighted by molar-refractivity contribution is -0.384. The number of methoxy groups -OCH3 is 1. The van der Waals surface area contributed by atoms with Crippen LogP contribution in [0.3, 0.4) is 0 Å². The van der Waals surface area contributed by atoms with Crippen LogP contribution >= 0.6 is 0 Å². The van der Waals surface area contributed by atoms with E-state index in [9.17, 15) is 10.1 Å². The summed E-state index contributed by atoms with van der Waals surface area (Å²) in [5, 5.41) is 14.1.